The predicted octanol–water partition coefficient (Wildman–Crippen LogP) is 4.73. The first kappa shape index (κ1) is 21.6. The van der Waals surface area contributed by atoms with E-state index >= 15 is 0 Å². The van der Waals surface area contributed by atoms with Gasteiger partial charge in [0.15, 0.2) is 10.6 Å². The van der Waals surface area contributed by atoms with Gasteiger partial charge in [-0.25, -0.2) is 0 Å². The van der Waals surface area contributed by atoms with E-state index in [1.807, 2.05) is 24.3 Å². The number of aromatic amines is 1. The van der Waals surface area contributed by atoms with Crippen LogP contribution in [0.25, 0.3) is 11.4 Å². The maximum absolute atomic E-state index is 12.7. The smallest absolute Gasteiger partial charge is 0.240 e. The summed E-state index contributed by atoms with van der Waals surface area (Å²) >= 11 is 5.35. The number of methoxy groups -OCH3 is 1. The summed E-state index contributed by atoms with van der Waals surface area (Å²) in [7, 11) is 1.63. The second-order valence-electron chi connectivity index (χ2n) is 8.63. The Morgan fingerprint density at radius 1 is 1.28 bits per heavy atom. The maximum atomic E-state index is 12.7. The molecule has 1 aliphatic carbocycles. The Bertz CT molecular complexity index is 877. The highest BCUT2D eigenvalue weighted by Gasteiger charge is 2.32. The zero-order valence-corrected chi connectivity index (χ0v) is 18.6. The summed E-state index contributed by atoms with van der Waals surface area (Å²) in [6, 6.07) is 7.81. The number of aromatic nitrogens is 3. The van der Waals surface area contributed by atoms with E-state index in [1.54, 1.807) is 11.7 Å². The number of amides is 1. The van der Waals surface area contributed by atoms with E-state index in [4.69, 9.17) is 17.0 Å². The predicted molar refractivity (Wildman–Crippen MR) is 117 cm³/mol. The molecule has 1 saturated carbocycles. The molecule has 1 heterocycles. The Hall–Kier alpha value is -2.15. The summed E-state index contributed by atoms with van der Waals surface area (Å²) in [5.41, 5.74) is 1.26. The van der Waals surface area contributed by atoms with Gasteiger partial charge in [0.1, 0.15) is 12.3 Å². The van der Waals surface area contributed by atoms with Gasteiger partial charge < -0.3 is 10.1 Å². The summed E-state index contributed by atoms with van der Waals surface area (Å²) in [6.07, 6.45) is 5.63. The Morgan fingerprint density at radius 2 is 1.93 bits per heavy atom. The highest BCUT2D eigenvalue weighted by molar-refractivity contribution is 7.71. The topological polar surface area (TPSA) is 71.9 Å². The molecule has 1 aliphatic rings. The highest BCUT2D eigenvalue weighted by Crippen LogP contribution is 2.40. The van der Waals surface area contributed by atoms with Crippen molar-refractivity contribution in [1.82, 2.24) is 20.1 Å². The van der Waals surface area contributed by atoms with Crippen LogP contribution >= 0.6 is 12.2 Å². The van der Waals surface area contributed by atoms with Crippen molar-refractivity contribution in [3.8, 4) is 17.1 Å². The summed E-state index contributed by atoms with van der Waals surface area (Å²) in [5, 5.41) is 10.3. The zero-order valence-electron chi connectivity index (χ0n) is 17.8. The third-order valence-corrected chi connectivity index (χ3v) is 6.83. The van der Waals surface area contributed by atoms with Gasteiger partial charge in [-0.1, -0.05) is 27.2 Å². The van der Waals surface area contributed by atoms with Crippen molar-refractivity contribution in [1.29, 1.82) is 0 Å². The molecular weight excluding hydrogens is 384 g/mol. The molecule has 2 N–H and O–H groups in total. The average molecular weight is 417 g/mol. The van der Waals surface area contributed by atoms with E-state index in [-0.39, 0.29) is 18.5 Å². The van der Waals surface area contributed by atoms with Crippen LogP contribution in [0.1, 0.15) is 52.9 Å². The quantitative estimate of drug-likeness (QED) is 0.640. The summed E-state index contributed by atoms with van der Waals surface area (Å²) < 4.78 is 7.40. The molecule has 3 rings (SSSR count). The van der Waals surface area contributed by atoms with E-state index in [1.165, 1.54) is 19.3 Å². The molecule has 0 saturated heterocycles. The minimum absolute atomic E-state index is 0.0181. The first-order valence-electron chi connectivity index (χ1n) is 10.4. The van der Waals surface area contributed by atoms with Crippen LogP contribution in [0.4, 0.5) is 0 Å². The van der Waals surface area contributed by atoms with Gasteiger partial charge in [-0.15, -0.1) is 0 Å². The van der Waals surface area contributed by atoms with Gasteiger partial charge in [-0.3, -0.25) is 14.5 Å². The number of benzene rings is 1. The van der Waals surface area contributed by atoms with Gasteiger partial charge in [-0.05, 0) is 73.5 Å². The van der Waals surface area contributed by atoms with Crippen molar-refractivity contribution < 1.29 is 9.53 Å². The van der Waals surface area contributed by atoms with Crippen LogP contribution in [0.2, 0.25) is 0 Å². The Kier molecular flexibility index (Phi) is 6.77. The fourth-order valence-corrected chi connectivity index (χ4v) is 4.35. The SMILES string of the molecule is CCC(C)(C)C1CCC(NC(=O)Cn2c(-c3ccc(OC)cc3)n[nH]c2=S)CC1. The van der Waals surface area contributed by atoms with Crippen LogP contribution in [0.5, 0.6) is 5.75 Å². The Morgan fingerprint density at radius 3 is 2.52 bits per heavy atom. The fraction of sp³-hybridized carbons (Fsp3) is 0.591. The van der Waals surface area contributed by atoms with Gasteiger partial charge in [-0.2, -0.15) is 5.10 Å². The number of hydrogen-bond donors (Lipinski definition) is 2. The number of carbonyl (C=O) groups is 1. The van der Waals surface area contributed by atoms with Crippen LogP contribution in [-0.2, 0) is 11.3 Å². The number of nitrogens with one attached hydrogen (secondary N) is 2. The van der Waals surface area contributed by atoms with Crippen LogP contribution in [0.15, 0.2) is 24.3 Å². The van der Waals surface area contributed by atoms with Crippen molar-refractivity contribution in [2.75, 3.05) is 7.11 Å². The van der Waals surface area contributed by atoms with E-state index in [2.05, 4.69) is 36.3 Å². The van der Waals surface area contributed by atoms with Gasteiger partial charge in [0.25, 0.3) is 0 Å². The number of nitrogens with zero attached hydrogens (tertiary/aromatic N) is 2. The van der Waals surface area contributed by atoms with Gasteiger partial charge >= 0.3 is 0 Å². The van der Waals surface area contributed by atoms with Crippen molar-refractivity contribution in [3.05, 3.63) is 29.0 Å². The lowest BCUT2D eigenvalue weighted by Crippen LogP contribution is -2.41. The summed E-state index contributed by atoms with van der Waals surface area (Å²) in [6.45, 7) is 7.15. The van der Waals surface area contributed by atoms with Crippen LogP contribution in [-0.4, -0.2) is 33.8 Å². The highest BCUT2D eigenvalue weighted by atomic mass is 32.1. The molecule has 0 unspecified atom stereocenters. The standard InChI is InChI=1S/C22H32N4O2S/c1-5-22(2,3)16-8-10-17(11-9-16)23-19(27)14-26-20(24-25-21(26)29)15-6-12-18(28-4)13-7-15/h6-7,12-13,16-17H,5,8-11,14H2,1-4H3,(H,23,27)(H,25,29). The molecule has 0 atom stereocenters. The largest absolute Gasteiger partial charge is 0.497 e. The zero-order chi connectivity index (χ0) is 21.0. The van der Waals surface area contributed by atoms with Crippen LogP contribution < -0.4 is 10.1 Å². The number of rotatable bonds is 7. The fourth-order valence-electron chi connectivity index (χ4n) is 4.15. The monoisotopic (exact) mass is 416 g/mol. The molecule has 1 amide bonds. The molecular formula is C22H32N4O2S. The molecule has 6 nitrogen and oxygen atoms in total. The summed E-state index contributed by atoms with van der Waals surface area (Å²) in [4.78, 5) is 12.7. The minimum atomic E-state index is -0.0181. The average Bonchev–Trinajstić information content (AvgIpc) is 3.08. The van der Waals surface area contributed by atoms with Crippen molar-refractivity contribution in [2.24, 2.45) is 11.3 Å². The molecule has 1 aromatic carbocycles. The lowest BCUT2D eigenvalue weighted by atomic mass is 9.69. The van der Waals surface area contributed by atoms with Crippen LogP contribution in [0.3, 0.4) is 0 Å². The lowest BCUT2D eigenvalue weighted by molar-refractivity contribution is -0.122. The Labute approximate surface area is 178 Å². The molecule has 0 spiro atoms. The Balaban J connectivity index is 1.62. The number of ether oxygens (including phenoxy) is 1. The second kappa shape index (κ2) is 9.11. The third kappa shape index (κ3) is 5.07. The number of carbonyl (C=O) groups excluding carboxylic acids is 1. The van der Waals surface area contributed by atoms with Gasteiger partial charge in [0, 0.05) is 11.6 Å². The van der Waals surface area contributed by atoms with E-state index in [0.717, 1.165) is 30.1 Å². The van der Waals surface area contributed by atoms with Crippen molar-refractivity contribution >= 4 is 18.1 Å². The number of H-pyrrole nitrogens is 1. The van der Waals surface area contributed by atoms with Crippen molar-refractivity contribution in [3.63, 3.8) is 0 Å². The molecule has 0 aliphatic heterocycles. The maximum Gasteiger partial charge on any atom is 0.240 e. The molecule has 7 heteroatoms. The van der Waals surface area contributed by atoms with Gasteiger partial charge in [0.05, 0.1) is 7.11 Å². The number of hydrogen-bond acceptors (Lipinski definition) is 4. The third-order valence-electron chi connectivity index (χ3n) is 6.52. The van der Waals surface area contributed by atoms with Gasteiger partial charge in [0.2, 0.25) is 5.91 Å². The van der Waals surface area contributed by atoms with E-state index in [0.29, 0.717) is 16.0 Å². The summed E-state index contributed by atoms with van der Waals surface area (Å²) in [5.74, 6) is 2.15. The normalized spacial score (nSPS) is 19.7. The first-order valence-corrected chi connectivity index (χ1v) is 10.8. The lowest BCUT2D eigenvalue weighted by Gasteiger charge is -2.39. The second-order valence-corrected chi connectivity index (χ2v) is 9.01. The minimum Gasteiger partial charge on any atom is -0.497 e. The van der Waals surface area contributed by atoms with E-state index in [9.17, 15) is 4.79 Å². The molecule has 0 bridgehead atoms. The molecule has 158 valence electrons. The first-order chi connectivity index (χ1) is 13.8. The van der Waals surface area contributed by atoms with E-state index < -0.39 is 0 Å². The molecule has 0 radical (unpaired) electrons. The van der Waals surface area contributed by atoms with Crippen LogP contribution in [0, 0.1) is 16.1 Å². The molecule has 2 aromatic rings. The molecule has 29 heavy (non-hydrogen) atoms. The molecule has 1 fully saturated rings. The van der Waals surface area contributed by atoms with Crippen molar-refractivity contribution in [2.45, 2.75) is 65.5 Å². The molecule has 1 aromatic heterocycles.